The highest BCUT2D eigenvalue weighted by Crippen LogP contribution is 2.38. The third-order valence-electron chi connectivity index (χ3n) is 5.06. The fourth-order valence-corrected chi connectivity index (χ4v) is 3.38. The number of rotatable bonds is 5. The van der Waals surface area contributed by atoms with Crippen LogP contribution in [0.2, 0.25) is 0 Å². The van der Waals surface area contributed by atoms with Crippen LogP contribution in [0.4, 0.5) is 0 Å². The van der Waals surface area contributed by atoms with E-state index in [9.17, 15) is 9.59 Å². The molecule has 0 saturated carbocycles. The van der Waals surface area contributed by atoms with E-state index in [0.717, 1.165) is 5.56 Å². The molecule has 0 spiro atoms. The normalized spacial score (nSPS) is 13.8. The van der Waals surface area contributed by atoms with E-state index in [0.29, 0.717) is 54.6 Å². The molecule has 0 N–H and O–H groups in total. The first kappa shape index (κ1) is 20.5. The van der Waals surface area contributed by atoms with Crippen molar-refractivity contribution in [1.29, 1.82) is 0 Å². The predicted octanol–water partition coefficient (Wildman–Crippen LogP) is 2.62. The first-order chi connectivity index (χ1) is 14.0. The molecule has 0 unspecified atom stereocenters. The second-order valence-corrected chi connectivity index (χ2v) is 6.86. The molecule has 1 saturated heterocycles. The van der Waals surface area contributed by atoms with Gasteiger partial charge in [-0.1, -0.05) is 17.7 Å². The molecule has 0 atom stereocenters. The van der Waals surface area contributed by atoms with Crippen LogP contribution in [0.25, 0.3) is 0 Å². The van der Waals surface area contributed by atoms with Gasteiger partial charge in [-0.3, -0.25) is 9.59 Å². The number of carbonyl (C=O) groups is 2. The van der Waals surface area contributed by atoms with Gasteiger partial charge >= 0.3 is 0 Å². The Kier molecular flexibility index (Phi) is 6.26. The molecule has 2 aromatic rings. The fourth-order valence-electron chi connectivity index (χ4n) is 3.38. The molecular weight excluding hydrogens is 372 g/mol. The quantitative estimate of drug-likeness (QED) is 0.775. The summed E-state index contributed by atoms with van der Waals surface area (Å²) in [6, 6.07) is 10.8. The molecule has 154 valence electrons. The Morgan fingerprint density at radius 2 is 1.17 bits per heavy atom. The standard InChI is InChI=1S/C22H26N2O5/c1-15-5-7-16(8-6-15)21(25)23-9-11-24(12-10-23)22(26)17-13-18(27-2)20(29-4)19(14-17)28-3/h5-8,13-14H,9-12H2,1-4H3. The number of amides is 2. The number of nitrogens with zero attached hydrogens (tertiary/aromatic N) is 2. The highest BCUT2D eigenvalue weighted by Gasteiger charge is 2.27. The van der Waals surface area contributed by atoms with Crippen molar-refractivity contribution < 1.29 is 23.8 Å². The third-order valence-corrected chi connectivity index (χ3v) is 5.06. The highest BCUT2D eigenvalue weighted by molar-refractivity contribution is 5.97. The predicted molar refractivity (Wildman–Crippen MR) is 109 cm³/mol. The van der Waals surface area contributed by atoms with Gasteiger partial charge < -0.3 is 24.0 Å². The largest absolute Gasteiger partial charge is 0.493 e. The van der Waals surface area contributed by atoms with Crippen molar-refractivity contribution in [2.75, 3.05) is 47.5 Å². The van der Waals surface area contributed by atoms with Gasteiger partial charge in [-0.25, -0.2) is 0 Å². The summed E-state index contributed by atoms with van der Waals surface area (Å²) < 4.78 is 16.0. The Morgan fingerprint density at radius 1 is 0.724 bits per heavy atom. The van der Waals surface area contributed by atoms with E-state index in [2.05, 4.69) is 0 Å². The van der Waals surface area contributed by atoms with Crippen molar-refractivity contribution >= 4 is 11.8 Å². The molecule has 1 aliphatic heterocycles. The smallest absolute Gasteiger partial charge is 0.254 e. The minimum atomic E-state index is -0.133. The zero-order valence-corrected chi connectivity index (χ0v) is 17.2. The van der Waals surface area contributed by atoms with E-state index in [1.54, 1.807) is 21.9 Å². The molecule has 1 heterocycles. The number of hydrogen-bond acceptors (Lipinski definition) is 5. The molecule has 1 aliphatic rings. The molecule has 0 aliphatic carbocycles. The summed E-state index contributed by atoms with van der Waals surface area (Å²) in [7, 11) is 4.55. The van der Waals surface area contributed by atoms with Gasteiger partial charge in [-0.05, 0) is 31.2 Å². The summed E-state index contributed by atoms with van der Waals surface area (Å²) in [4.78, 5) is 29.2. The van der Waals surface area contributed by atoms with Crippen LogP contribution in [0.15, 0.2) is 36.4 Å². The van der Waals surface area contributed by atoms with Crippen molar-refractivity contribution in [3.05, 3.63) is 53.1 Å². The molecule has 0 radical (unpaired) electrons. The molecule has 2 aromatic carbocycles. The van der Waals surface area contributed by atoms with Crippen LogP contribution >= 0.6 is 0 Å². The first-order valence-electron chi connectivity index (χ1n) is 9.43. The third kappa shape index (κ3) is 4.29. The van der Waals surface area contributed by atoms with E-state index in [1.165, 1.54) is 21.3 Å². The second-order valence-electron chi connectivity index (χ2n) is 6.86. The van der Waals surface area contributed by atoms with Crippen molar-refractivity contribution in [2.24, 2.45) is 0 Å². The maximum Gasteiger partial charge on any atom is 0.254 e. The van der Waals surface area contributed by atoms with Crippen molar-refractivity contribution in [2.45, 2.75) is 6.92 Å². The van der Waals surface area contributed by atoms with E-state index in [4.69, 9.17) is 14.2 Å². The molecule has 2 amide bonds. The second kappa shape index (κ2) is 8.86. The van der Waals surface area contributed by atoms with Crippen LogP contribution in [0.1, 0.15) is 26.3 Å². The average molecular weight is 398 g/mol. The molecule has 3 rings (SSSR count). The van der Waals surface area contributed by atoms with Gasteiger partial charge in [-0.2, -0.15) is 0 Å². The van der Waals surface area contributed by atoms with E-state index in [1.807, 2.05) is 31.2 Å². The summed E-state index contributed by atoms with van der Waals surface area (Å²) in [6.07, 6.45) is 0. The van der Waals surface area contributed by atoms with Gasteiger partial charge in [-0.15, -0.1) is 0 Å². The summed E-state index contributed by atoms with van der Waals surface area (Å²) in [5.74, 6) is 1.17. The SMILES string of the molecule is COc1cc(C(=O)N2CCN(C(=O)c3ccc(C)cc3)CC2)cc(OC)c1OC. The van der Waals surface area contributed by atoms with E-state index < -0.39 is 0 Å². The number of methoxy groups -OCH3 is 3. The Morgan fingerprint density at radius 3 is 1.59 bits per heavy atom. The Labute approximate surface area is 170 Å². The van der Waals surface area contributed by atoms with E-state index >= 15 is 0 Å². The Balaban J connectivity index is 1.70. The van der Waals surface area contributed by atoms with Gasteiger partial charge in [0.2, 0.25) is 5.75 Å². The number of piperazine rings is 1. The maximum atomic E-state index is 13.0. The molecule has 1 fully saturated rings. The zero-order chi connectivity index (χ0) is 21.0. The fraction of sp³-hybridized carbons (Fsp3) is 0.364. The van der Waals surface area contributed by atoms with Gasteiger partial charge in [0.15, 0.2) is 11.5 Å². The van der Waals surface area contributed by atoms with Crippen LogP contribution in [-0.4, -0.2) is 69.1 Å². The van der Waals surface area contributed by atoms with Crippen molar-refractivity contribution in [3.8, 4) is 17.2 Å². The number of ether oxygens (including phenoxy) is 3. The molecule has 0 aromatic heterocycles. The lowest BCUT2D eigenvalue weighted by molar-refractivity contribution is 0.0535. The lowest BCUT2D eigenvalue weighted by Crippen LogP contribution is -2.50. The monoisotopic (exact) mass is 398 g/mol. The molecule has 7 nitrogen and oxygen atoms in total. The number of aryl methyl sites for hydroxylation is 1. The van der Waals surface area contributed by atoms with Crippen LogP contribution < -0.4 is 14.2 Å². The number of hydrogen-bond donors (Lipinski definition) is 0. The van der Waals surface area contributed by atoms with Crippen LogP contribution in [0.5, 0.6) is 17.2 Å². The molecule has 29 heavy (non-hydrogen) atoms. The van der Waals surface area contributed by atoms with Crippen LogP contribution in [0, 0.1) is 6.92 Å². The van der Waals surface area contributed by atoms with Gasteiger partial charge in [0, 0.05) is 37.3 Å². The topological polar surface area (TPSA) is 68.3 Å². The molecular formula is C22H26N2O5. The van der Waals surface area contributed by atoms with Crippen LogP contribution in [-0.2, 0) is 0 Å². The number of benzene rings is 2. The summed E-state index contributed by atoms with van der Waals surface area (Å²) in [5.41, 5.74) is 2.24. The maximum absolute atomic E-state index is 13.0. The minimum Gasteiger partial charge on any atom is -0.493 e. The lowest BCUT2D eigenvalue weighted by atomic mass is 10.1. The summed E-state index contributed by atoms with van der Waals surface area (Å²) >= 11 is 0. The van der Waals surface area contributed by atoms with E-state index in [-0.39, 0.29) is 11.8 Å². The Hall–Kier alpha value is -3.22. The number of carbonyl (C=O) groups excluding carboxylic acids is 2. The summed E-state index contributed by atoms with van der Waals surface area (Å²) in [6.45, 7) is 3.90. The summed E-state index contributed by atoms with van der Waals surface area (Å²) in [5, 5.41) is 0. The Bertz CT molecular complexity index is 862. The van der Waals surface area contributed by atoms with Crippen molar-refractivity contribution in [3.63, 3.8) is 0 Å². The highest BCUT2D eigenvalue weighted by atomic mass is 16.5. The first-order valence-corrected chi connectivity index (χ1v) is 9.43. The van der Waals surface area contributed by atoms with Crippen LogP contribution in [0.3, 0.4) is 0 Å². The van der Waals surface area contributed by atoms with Gasteiger partial charge in [0.05, 0.1) is 21.3 Å². The molecule has 0 bridgehead atoms. The molecule has 7 heteroatoms. The van der Waals surface area contributed by atoms with Gasteiger partial charge in [0.25, 0.3) is 11.8 Å². The van der Waals surface area contributed by atoms with Crippen molar-refractivity contribution in [1.82, 2.24) is 9.80 Å². The zero-order valence-electron chi connectivity index (χ0n) is 17.2. The lowest BCUT2D eigenvalue weighted by Gasteiger charge is -2.35. The minimum absolute atomic E-state index is 0.00937. The van der Waals surface area contributed by atoms with Gasteiger partial charge in [0.1, 0.15) is 0 Å². The average Bonchev–Trinajstić information content (AvgIpc) is 2.77.